The molecule has 2 aromatic carbocycles. The normalized spacial score (nSPS) is 11.9. The Morgan fingerprint density at radius 2 is 1.70 bits per heavy atom. The van der Waals surface area contributed by atoms with Crippen molar-refractivity contribution in [3.8, 4) is 11.5 Å². The van der Waals surface area contributed by atoms with Crippen LogP contribution in [0.5, 0.6) is 11.5 Å². The molecule has 2 aromatic rings. The van der Waals surface area contributed by atoms with Crippen molar-refractivity contribution in [3.63, 3.8) is 0 Å². The molecule has 2 rings (SSSR count). The number of benzene rings is 2. The highest BCUT2D eigenvalue weighted by Gasteiger charge is 2.14. The molecular formula is C22H28ClNO3. The van der Waals surface area contributed by atoms with E-state index in [1.807, 2.05) is 39.0 Å². The summed E-state index contributed by atoms with van der Waals surface area (Å²) in [4.78, 5) is 12.2. The maximum atomic E-state index is 12.2. The van der Waals surface area contributed by atoms with Gasteiger partial charge in [-0.05, 0) is 82.0 Å². The predicted octanol–water partition coefficient (Wildman–Crippen LogP) is 4.95. The third-order valence-electron chi connectivity index (χ3n) is 4.05. The van der Waals surface area contributed by atoms with Gasteiger partial charge in [0.1, 0.15) is 11.5 Å². The van der Waals surface area contributed by atoms with E-state index in [-0.39, 0.29) is 12.0 Å². The lowest BCUT2D eigenvalue weighted by atomic mass is 10.1. The van der Waals surface area contributed by atoms with Crippen LogP contribution in [0.4, 0.5) is 0 Å². The van der Waals surface area contributed by atoms with E-state index in [0.717, 1.165) is 24.2 Å². The zero-order chi connectivity index (χ0) is 19.8. The topological polar surface area (TPSA) is 47.6 Å². The van der Waals surface area contributed by atoms with Crippen LogP contribution in [0.25, 0.3) is 0 Å². The standard InChI is InChI=1S/C22H28ClNO3/c1-15(2)26-19-9-7-18(8-10-19)6-5-13-24-22(25)17(4)27-20-11-12-21(23)16(3)14-20/h7-12,14-15,17H,5-6,13H2,1-4H3,(H,24,25)/t17-/m0/s1. The molecule has 0 aromatic heterocycles. The van der Waals surface area contributed by atoms with Crippen LogP contribution in [0.1, 0.15) is 38.3 Å². The fourth-order valence-corrected chi connectivity index (χ4v) is 2.72. The first-order valence-electron chi connectivity index (χ1n) is 9.31. The number of ether oxygens (including phenoxy) is 2. The van der Waals surface area contributed by atoms with Crippen molar-refractivity contribution in [1.82, 2.24) is 5.32 Å². The van der Waals surface area contributed by atoms with Crippen molar-refractivity contribution in [2.45, 2.75) is 52.7 Å². The maximum Gasteiger partial charge on any atom is 0.260 e. The van der Waals surface area contributed by atoms with E-state index >= 15 is 0 Å². The second-order valence-electron chi connectivity index (χ2n) is 6.88. The van der Waals surface area contributed by atoms with E-state index in [1.165, 1.54) is 5.56 Å². The lowest BCUT2D eigenvalue weighted by Crippen LogP contribution is -2.36. The molecule has 0 saturated carbocycles. The third kappa shape index (κ3) is 7.14. The second-order valence-corrected chi connectivity index (χ2v) is 7.28. The van der Waals surface area contributed by atoms with Crippen molar-refractivity contribution in [3.05, 3.63) is 58.6 Å². The van der Waals surface area contributed by atoms with Crippen LogP contribution in [0.2, 0.25) is 5.02 Å². The Labute approximate surface area is 166 Å². The molecular weight excluding hydrogens is 362 g/mol. The van der Waals surface area contributed by atoms with Gasteiger partial charge in [0, 0.05) is 11.6 Å². The van der Waals surface area contributed by atoms with Gasteiger partial charge in [0.15, 0.2) is 6.10 Å². The Kier molecular flexibility index (Phi) is 7.99. The molecule has 27 heavy (non-hydrogen) atoms. The molecule has 1 amide bonds. The number of nitrogens with one attached hydrogen (secondary N) is 1. The Morgan fingerprint density at radius 1 is 1.04 bits per heavy atom. The first kappa shape index (κ1) is 21.1. The summed E-state index contributed by atoms with van der Waals surface area (Å²) >= 11 is 6.00. The fourth-order valence-electron chi connectivity index (χ4n) is 2.60. The van der Waals surface area contributed by atoms with Crippen LogP contribution in [-0.4, -0.2) is 24.7 Å². The molecule has 0 radical (unpaired) electrons. The van der Waals surface area contributed by atoms with Gasteiger partial charge < -0.3 is 14.8 Å². The van der Waals surface area contributed by atoms with Crippen LogP contribution in [0.15, 0.2) is 42.5 Å². The van der Waals surface area contributed by atoms with Crippen LogP contribution in [0, 0.1) is 6.92 Å². The van der Waals surface area contributed by atoms with E-state index in [0.29, 0.717) is 17.3 Å². The van der Waals surface area contributed by atoms with Gasteiger partial charge in [-0.3, -0.25) is 4.79 Å². The molecule has 0 unspecified atom stereocenters. The molecule has 0 fully saturated rings. The smallest absolute Gasteiger partial charge is 0.260 e. The zero-order valence-electron chi connectivity index (χ0n) is 16.4. The number of carbonyl (C=O) groups is 1. The largest absolute Gasteiger partial charge is 0.491 e. The van der Waals surface area contributed by atoms with Crippen LogP contribution >= 0.6 is 11.6 Å². The van der Waals surface area contributed by atoms with Crippen LogP contribution in [-0.2, 0) is 11.2 Å². The summed E-state index contributed by atoms with van der Waals surface area (Å²) in [6.45, 7) is 8.27. The molecule has 0 saturated heterocycles. The molecule has 1 N–H and O–H groups in total. The number of amides is 1. The van der Waals surface area contributed by atoms with Crippen molar-refractivity contribution >= 4 is 17.5 Å². The number of carbonyl (C=O) groups excluding carboxylic acids is 1. The SMILES string of the molecule is Cc1cc(O[C@@H](C)C(=O)NCCCc2ccc(OC(C)C)cc2)ccc1Cl. The molecule has 0 aliphatic rings. The molecule has 5 heteroatoms. The first-order chi connectivity index (χ1) is 12.8. The van der Waals surface area contributed by atoms with E-state index in [2.05, 4.69) is 17.4 Å². The molecule has 0 bridgehead atoms. The lowest BCUT2D eigenvalue weighted by molar-refractivity contribution is -0.127. The molecule has 146 valence electrons. The van der Waals surface area contributed by atoms with E-state index in [4.69, 9.17) is 21.1 Å². The summed E-state index contributed by atoms with van der Waals surface area (Å²) < 4.78 is 11.3. The van der Waals surface area contributed by atoms with E-state index in [1.54, 1.807) is 19.1 Å². The summed E-state index contributed by atoms with van der Waals surface area (Å²) in [5.74, 6) is 1.40. The molecule has 1 atom stereocenters. The summed E-state index contributed by atoms with van der Waals surface area (Å²) in [6, 6.07) is 13.5. The zero-order valence-corrected chi connectivity index (χ0v) is 17.2. The Bertz CT molecular complexity index is 744. The van der Waals surface area contributed by atoms with E-state index in [9.17, 15) is 4.79 Å². The molecule has 0 spiro atoms. The number of hydrogen-bond donors (Lipinski definition) is 1. The molecule has 4 nitrogen and oxygen atoms in total. The quantitative estimate of drug-likeness (QED) is 0.617. The lowest BCUT2D eigenvalue weighted by Gasteiger charge is -2.15. The number of hydrogen-bond acceptors (Lipinski definition) is 3. The minimum atomic E-state index is -0.557. The van der Waals surface area contributed by atoms with Gasteiger partial charge in [0.25, 0.3) is 5.91 Å². The van der Waals surface area contributed by atoms with Gasteiger partial charge in [-0.1, -0.05) is 23.7 Å². The van der Waals surface area contributed by atoms with Crippen LogP contribution < -0.4 is 14.8 Å². The summed E-state index contributed by atoms with van der Waals surface area (Å²) in [5, 5.41) is 3.61. The Morgan fingerprint density at radius 3 is 2.33 bits per heavy atom. The molecule has 0 heterocycles. The summed E-state index contributed by atoms with van der Waals surface area (Å²) in [6.07, 6.45) is 1.38. The molecule has 0 aliphatic heterocycles. The minimum absolute atomic E-state index is 0.122. The van der Waals surface area contributed by atoms with E-state index < -0.39 is 6.10 Å². The highest BCUT2D eigenvalue weighted by molar-refractivity contribution is 6.31. The molecule has 0 aliphatic carbocycles. The predicted molar refractivity (Wildman–Crippen MR) is 110 cm³/mol. The van der Waals surface area contributed by atoms with Gasteiger partial charge in [0.05, 0.1) is 6.10 Å². The average molecular weight is 390 g/mol. The highest BCUT2D eigenvalue weighted by atomic mass is 35.5. The van der Waals surface area contributed by atoms with Gasteiger partial charge in [-0.2, -0.15) is 0 Å². The van der Waals surface area contributed by atoms with Crippen molar-refractivity contribution in [2.24, 2.45) is 0 Å². The monoisotopic (exact) mass is 389 g/mol. The van der Waals surface area contributed by atoms with Gasteiger partial charge in [-0.15, -0.1) is 0 Å². The summed E-state index contributed by atoms with van der Waals surface area (Å²) in [5.41, 5.74) is 2.15. The third-order valence-corrected chi connectivity index (χ3v) is 4.47. The minimum Gasteiger partial charge on any atom is -0.491 e. The Balaban J connectivity index is 1.71. The van der Waals surface area contributed by atoms with Crippen LogP contribution in [0.3, 0.4) is 0 Å². The Hall–Kier alpha value is -2.20. The first-order valence-corrected chi connectivity index (χ1v) is 9.69. The van der Waals surface area contributed by atoms with Crippen molar-refractivity contribution < 1.29 is 14.3 Å². The van der Waals surface area contributed by atoms with Crippen molar-refractivity contribution in [2.75, 3.05) is 6.54 Å². The second kappa shape index (κ2) is 10.2. The van der Waals surface area contributed by atoms with Gasteiger partial charge in [-0.25, -0.2) is 0 Å². The van der Waals surface area contributed by atoms with Gasteiger partial charge in [0.2, 0.25) is 0 Å². The number of halogens is 1. The summed E-state index contributed by atoms with van der Waals surface area (Å²) in [7, 11) is 0. The number of aryl methyl sites for hydroxylation is 2. The average Bonchev–Trinajstić information content (AvgIpc) is 2.62. The van der Waals surface area contributed by atoms with Crippen molar-refractivity contribution in [1.29, 1.82) is 0 Å². The highest BCUT2D eigenvalue weighted by Crippen LogP contribution is 2.22. The number of rotatable bonds is 9. The fraction of sp³-hybridized carbons (Fsp3) is 0.409. The van der Waals surface area contributed by atoms with Gasteiger partial charge >= 0.3 is 0 Å². The maximum absolute atomic E-state index is 12.2.